The van der Waals surface area contributed by atoms with Crippen molar-refractivity contribution in [1.29, 1.82) is 0 Å². The molecular formula is C21H21BrClN3O3S2. The first kappa shape index (κ1) is 22.5. The molecule has 1 aliphatic rings. The SMILES string of the molecule is COc1ccc(Cl)cc1S(=O)(=O)N1CCN(c2nc(Cc3cccc(Br)c3)cs2)CC1. The second-order valence-corrected chi connectivity index (χ2v) is 11.2. The standard InChI is InChI=1S/C21H21BrClN3O3S2/c1-29-19-6-5-17(23)13-20(19)31(27,28)26-9-7-25(8-10-26)21-24-18(14-30-21)12-15-3-2-4-16(22)11-15/h2-6,11,13-14H,7-10,12H2,1H3. The minimum absolute atomic E-state index is 0.0986. The van der Waals surface area contributed by atoms with Gasteiger partial charge in [-0.2, -0.15) is 4.31 Å². The molecule has 0 atom stereocenters. The van der Waals surface area contributed by atoms with E-state index >= 15 is 0 Å². The first-order chi connectivity index (χ1) is 14.9. The van der Waals surface area contributed by atoms with Crippen LogP contribution in [0.2, 0.25) is 5.02 Å². The van der Waals surface area contributed by atoms with Gasteiger partial charge in [-0.1, -0.05) is 39.7 Å². The van der Waals surface area contributed by atoms with Gasteiger partial charge < -0.3 is 9.64 Å². The molecule has 0 spiro atoms. The van der Waals surface area contributed by atoms with Gasteiger partial charge in [-0.25, -0.2) is 13.4 Å². The van der Waals surface area contributed by atoms with Crippen LogP contribution in [0.1, 0.15) is 11.3 Å². The van der Waals surface area contributed by atoms with Crippen LogP contribution in [0.5, 0.6) is 5.75 Å². The van der Waals surface area contributed by atoms with Crippen molar-refractivity contribution in [3.63, 3.8) is 0 Å². The van der Waals surface area contributed by atoms with Crippen LogP contribution in [0.3, 0.4) is 0 Å². The topological polar surface area (TPSA) is 62.7 Å². The zero-order valence-corrected chi connectivity index (χ0v) is 20.8. The Bertz CT molecular complexity index is 1180. The summed E-state index contributed by atoms with van der Waals surface area (Å²) in [7, 11) is -2.24. The summed E-state index contributed by atoms with van der Waals surface area (Å²) in [6, 6.07) is 12.8. The molecule has 4 rings (SSSR count). The first-order valence-electron chi connectivity index (χ1n) is 9.64. The number of benzene rings is 2. The van der Waals surface area contributed by atoms with Crippen LogP contribution in [0.15, 0.2) is 57.2 Å². The van der Waals surface area contributed by atoms with E-state index in [4.69, 9.17) is 21.3 Å². The van der Waals surface area contributed by atoms with E-state index in [-0.39, 0.29) is 4.90 Å². The molecule has 0 saturated carbocycles. The highest BCUT2D eigenvalue weighted by Crippen LogP contribution is 2.31. The quantitative estimate of drug-likeness (QED) is 0.453. The van der Waals surface area contributed by atoms with Gasteiger partial charge in [0.25, 0.3) is 0 Å². The third-order valence-corrected chi connectivity index (χ3v) is 8.66. The highest BCUT2D eigenvalue weighted by Gasteiger charge is 2.31. The molecule has 0 amide bonds. The Kier molecular flexibility index (Phi) is 6.88. The van der Waals surface area contributed by atoms with Crippen LogP contribution in [0.4, 0.5) is 5.13 Å². The number of sulfonamides is 1. The molecular weight excluding hydrogens is 522 g/mol. The lowest BCUT2D eigenvalue weighted by Gasteiger charge is -2.34. The highest BCUT2D eigenvalue weighted by molar-refractivity contribution is 9.10. The summed E-state index contributed by atoms with van der Waals surface area (Å²) in [6.07, 6.45) is 0.763. The largest absolute Gasteiger partial charge is 0.495 e. The smallest absolute Gasteiger partial charge is 0.246 e. The van der Waals surface area contributed by atoms with E-state index in [0.717, 1.165) is 21.7 Å². The second kappa shape index (κ2) is 9.46. The normalized spacial score (nSPS) is 15.3. The maximum atomic E-state index is 13.1. The molecule has 6 nitrogen and oxygen atoms in total. The number of piperazine rings is 1. The van der Waals surface area contributed by atoms with Gasteiger partial charge in [-0.3, -0.25) is 0 Å². The number of methoxy groups -OCH3 is 1. The van der Waals surface area contributed by atoms with Crippen LogP contribution in [0, 0.1) is 0 Å². The van der Waals surface area contributed by atoms with Gasteiger partial charge in [-0.15, -0.1) is 11.3 Å². The van der Waals surface area contributed by atoms with Crippen molar-refractivity contribution in [3.8, 4) is 5.75 Å². The lowest BCUT2D eigenvalue weighted by molar-refractivity contribution is 0.374. The Morgan fingerprint density at radius 3 is 2.65 bits per heavy atom. The van der Waals surface area contributed by atoms with Crippen LogP contribution in [-0.2, 0) is 16.4 Å². The fraction of sp³-hybridized carbons (Fsp3) is 0.286. The number of rotatable bonds is 6. The summed E-state index contributed by atoms with van der Waals surface area (Å²) in [4.78, 5) is 7.00. The molecule has 10 heteroatoms. The maximum absolute atomic E-state index is 13.1. The van der Waals surface area contributed by atoms with E-state index in [2.05, 4.69) is 38.3 Å². The predicted octanol–water partition coefficient (Wildman–Crippen LogP) is 4.67. The highest BCUT2D eigenvalue weighted by atomic mass is 79.9. The molecule has 0 radical (unpaired) electrons. The molecule has 1 aromatic heterocycles. The molecule has 2 aromatic carbocycles. The van der Waals surface area contributed by atoms with Crippen molar-refractivity contribution in [2.45, 2.75) is 11.3 Å². The molecule has 0 bridgehead atoms. The third kappa shape index (κ3) is 5.06. The van der Waals surface area contributed by atoms with Crippen LogP contribution in [-0.4, -0.2) is 51.0 Å². The first-order valence-corrected chi connectivity index (χ1v) is 13.1. The molecule has 2 heterocycles. The van der Waals surface area contributed by atoms with Crippen molar-refractivity contribution in [1.82, 2.24) is 9.29 Å². The van der Waals surface area contributed by atoms with Gasteiger partial charge in [-0.05, 0) is 35.9 Å². The van der Waals surface area contributed by atoms with E-state index < -0.39 is 10.0 Å². The molecule has 31 heavy (non-hydrogen) atoms. The van der Waals surface area contributed by atoms with Gasteiger partial charge in [0.2, 0.25) is 10.0 Å². The fourth-order valence-corrected chi connectivity index (χ4v) is 6.66. The molecule has 1 fully saturated rings. The zero-order valence-electron chi connectivity index (χ0n) is 16.8. The number of anilines is 1. The maximum Gasteiger partial charge on any atom is 0.246 e. The summed E-state index contributed by atoms with van der Waals surface area (Å²) < 4.78 is 34.1. The van der Waals surface area contributed by atoms with E-state index in [1.807, 2.05) is 12.1 Å². The lowest BCUT2D eigenvalue weighted by Crippen LogP contribution is -2.48. The number of hydrogen-bond acceptors (Lipinski definition) is 6. The molecule has 0 unspecified atom stereocenters. The average Bonchev–Trinajstić information content (AvgIpc) is 3.22. The average molecular weight is 543 g/mol. The van der Waals surface area contributed by atoms with Gasteiger partial charge in [0.15, 0.2) is 5.13 Å². The van der Waals surface area contributed by atoms with E-state index in [0.29, 0.717) is 37.0 Å². The Labute approximate surface area is 199 Å². The van der Waals surface area contributed by atoms with E-state index in [1.54, 1.807) is 23.5 Å². The lowest BCUT2D eigenvalue weighted by atomic mass is 10.1. The Morgan fingerprint density at radius 2 is 1.94 bits per heavy atom. The minimum Gasteiger partial charge on any atom is -0.495 e. The van der Waals surface area contributed by atoms with Crippen molar-refractivity contribution in [2.24, 2.45) is 0 Å². The second-order valence-electron chi connectivity index (χ2n) is 7.11. The fourth-order valence-electron chi connectivity index (χ4n) is 3.49. The summed E-state index contributed by atoms with van der Waals surface area (Å²) in [5.74, 6) is 0.295. The van der Waals surface area contributed by atoms with Crippen molar-refractivity contribution in [3.05, 3.63) is 68.6 Å². The third-order valence-electron chi connectivity index (χ3n) is 5.07. The molecule has 1 aliphatic heterocycles. The number of ether oxygens (including phenoxy) is 1. The summed E-state index contributed by atoms with van der Waals surface area (Å²) in [5, 5.41) is 3.34. The number of thiazole rings is 1. The Hall–Kier alpha value is -1.65. The van der Waals surface area contributed by atoms with Crippen LogP contribution < -0.4 is 9.64 Å². The minimum atomic E-state index is -3.70. The number of halogens is 2. The van der Waals surface area contributed by atoms with Gasteiger partial charge in [0.1, 0.15) is 10.6 Å². The van der Waals surface area contributed by atoms with Gasteiger partial charge >= 0.3 is 0 Å². The van der Waals surface area contributed by atoms with Crippen molar-refractivity contribution in [2.75, 3.05) is 38.2 Å². The zero-order chi connectivity index (χ0) is 22.0. The number of aromatic nitrogens is 1. The molecule has 164 valence electrons. The number of hydrogen-bond donors (Lipinski definition) is 0. The number of nitrogens with zero attached hydrogens (tertiary/aromatic N) is 3. The van der Waals surface area contributed by atoms with Gasteiger partial charge in [0.05, 0.1) is 12.8 Å². The molecule has 1 saturated heterocycles. The Balaban J connectivity index is 1.43. The summed E-state index contributed by atoms with van der Waals surface area (Å²) in [6.45, 7) is 1.90. The molecule has 0 aliphatic carbocycles. The summed E-state index contributed by atoms with van der Waals surface area (Å²) in [5.41, 5.74) is 2.20. The molecule has 0 N–H and O–H groups in total. The monoisotopic (exact) mass is 541 g/mol. The van der Waals surface area contributed by atoms with Crippen molar-refractivity contribution < 1.29 is 13.2 Å². The Morgan fingerprint density at radius 1 is 1.16 bits per heavy atom. The molecule has 3 aromatic rings. The van der Waals surface area contributed by atoms with E-state index in [1.165, 1.54) is 23.0 Å². The van der Waals surface area contributed by atoms with Crippen LogP contribution in [0.25, 0.3) is 0 Å². The van der Waals surface area contributed by atoms with Gasteiger partial charge in [0, 0.05) is 47.5 Å². The van der Waals surface area contributed by atoms with Crippen LogP contribution >= 0.6 is 38.9 Å². The predicted molar refractivity (Wildman–Crippen MR) is 128 cm³/mol. The van der Waals surface area contributed by atoms with E-state index in [9.17, 15) is 8.42 Å². The van der Waals surface area contributed by atoms with Crippen molar-refractivity contribution >= 4 is 54.0 Å². The summed E-state index contributed by atoms with van der Waals surface area (Å²) >= 11 is 11.1.